The summed E-state index contributed by atoms with van der Waals surface area (Å²) in [7, 11) is 2.06. The molecule has 3 aromatic rings. The lowest BCUT2D eigenvalue weighted by Crippen LogP contribution is -2.28. The van der Waals surface area contributed by atoms with Crippen molar-refractivity contribution in [2.45, 2.75) is 32.9 Å². The summed E-state index contributed by atoms with van der Waals surface area (Å²) in [6, 6.07) is 20.9. The van der Waals surface area contributed by atoms with Crippen molar-refractivity contribution in [3.63, 3.8) is 0 Å². The third-order valence-corrected chi connectivity index (χ3v) is 4.77. The second kappa shape index (κ2) is 7.99. The Morgan fingerprint density at radius 2 is 1.81 bits per heavy atom. The maximum atomic E-state index is 8.98. The minimum absolute atomic E-state index is 0.199. The number of para-hydroxylation sites is 1. The molecular weight excluding hydrogens is 320 g/mol. The van der Waals surface area contributed by atoms with Crippen molar-refractivity contribution in [1.82, 2.24) is 14.7 Å². The Morgan fingerprint density at radius 1 is 1.12 bits per heavy atom. The van der Waals surface area contributed by atoms with Crippen LogP contribution in [-0.2, 0) is 6.54 Å². The van der Waals surface area contributed by atoms with Gasteiger partial charge in [-0.2, -0.15) is 10.4 Å². The van der Waals surface area contributed by atoms with E-state index in [-0.39, 0.29) is 6.04 Å². The molecule has 0 spiro atoms. The highest BCUT2D eigenvalue weighted by Crippen LogP contribution is 2.27. The maximum Gasteiger partial charge on any atom is 0.0975 e. The lowest BCUT2D eigenvalue weighted by Gasteiger charge is -2.22. The molecule has 1 atom stereocenters. The zero-order chi connectivity index (χ0) is 18.5. The first-order valence-corrected chi connectivity index (χ1v) is 8.87. The molecule has 1 heterocycles. The third-order valence-electron chi connectivity index (χ3n) is 4.77. The van der Waals surface area contributed by atoms with E-state index in [1.807, 2.05) is 28.9 Å². The molecule has 0 saturated heterocycles. The van der Waals surface area contributed by atoms with E-state index in [2.05, 4.69) is 68.4 Å². The van der Waals surface area contributed by atoms with Gasteiger partial charge in [-0.3, -0.25) is 4.90 Å². The van der Waals surface area contributed by atoms with E-state index in [0.29, 0.717) is 6.42 Å². The molecule has 0 amide bonds. The number of hydrogen-bond donors (Lipinski definition) is 0. The molecule has 0 aliphatic rings. The van der Waals surface area contributed by atoms with E-state index in [0.717, 1.165) is 29.1 Å². The number of aromatic nitrogens is 2. The molecule has 0 radical (unpaired) electrons. The molecule has 3 rings (SSSR count). The van der Waals surface area contributed by atoms with Crippen molar-refractivity contribution >= 4 is 0 Å². The van der Waals surface area contributed by atoms with Crippen molar-refractivity contribution < 1.29 is 0 Å². The summed E-state index contributed by atoms with van der Waals surface area (Å²) in [5, 5.41) is 13.9. The van der Waals surface area contributed by atoms with E-state index in [9.17, 15) is 0 Å². The predicted molar refractivity (Wildman–Crippen MR) is 105 cm³/mol. The maximum absolute atomic E-state index is 8.98. The third kappa shape index (κ3) is 3.84. The first kappa shape index (κ1) is 17.9. The van der Waals surface area contributed by atoms with Gasteiger partial charge < -0.3 is 0 Å². The fourth-order valence-electron chi connectivity index (χ4n) is 3.02. The Kier molecular flexibility index (Phi) is 5.50. The Labute approximate surface area is 155 Å². The molecule has 2 aromatic carbocycles. The zero-order valence-electron chi connectivity index (χ0n) is 15.6. The smallest absolute Gasteiger partial charge is 0.0975 e. The van der Waals surface area contributed by atoms with Crippen LogP contribution in [0.1, 0.15) is 24.5 Å². The summed E-state index contributed by atoms with van der Waals surface area (Å²) >= 11 is 0. The standard InChI is InChI=1S/C22H24N4/c1-17-9-7-8-12-21(17)22-19(15-25(3)18(2)13-14-23)16-26(24-22)20-10-5-4-6-11-20/h4-12,16,18H,13,15H2,1-3H3. The lowest BCUT2D eigenvalue weighted by molar-refractivity contribution is 0.253. The molecule has 132 valence electrons. The van der Waals surface area contributed by atoms with Crippen LogP contribution in [0.5, 0.6) is 0 Å². The Balaban J connectivity index is 2.03. The normalized spacial score (nSPS) is 12.1. The summed E-state index contributed by atoms with van der Waals surface area (Å²) in [6.07, 6.45) is 2.62. The summed E-state index contributed by atoms with van der Waals surface area (Å²) in [6.45, 7) is 4.94. The molecule has 0 aliphatic carbocycles. The number of benzene rings is 2. The van der Waals surface area contributed by atoms with Gasteiger partial charge in [0.15, 0.2) is 0 Å². The van der Waals surface area contributed by atoms with E-state index >= 15 is 0 Å². The molecular formula is C22H24N4. The molecule has 4 heteroatoms. The average molecular weight is 344 g/mol. The summed E-state index contributed by atoms with van der Waals surface area (Å²) in [5.74, 6) is 0. The van der Waals surface area contributed by atoms with Gasteiger partial charge in [0.2, 0.25) is 0 Å². The first-order chi connectivity index (χ1) is 12.6. The highest BCUT2D eigenvalue weighted by Gasteiger charge is 2.17. The Hall–Kier alpha value is -2.90. The van der Waals surface area contributed by atoms with Gasteiger partial charge in [0.1, 0.15) is 0 Å². The number of nitrogens with zero attached hydrogens (tertiary/aromatic N) is 4. The lowest BCUT2D eigenvalue weighted by atomic mass is 10.0. The van der Waals surface area contributed by atoms with Gasteiger partial charge in [-0.1, -0.05) is 42.5 Å². The quantitative estimate of drug-likeness (QED) is 0.657. The molecule has 0 bridgehead atoms. The van der Waals surface area contributed by atoms with Crippen LogP contribution in [0.4, 0.5) is 0 Å². The van der Waals surface area contributed by atoms with Gasteiger partial charge >= 0.3 is 0 Å². The molecule has 0 N–H and O–H groups in total. The largest absolute Gasteiger partial charge is 0.298 e. The summed E-state index contributed by atoms with van der Waals surface area (Å²) in [4.78, 5) is 2.21. The van der Waals surface area contributed by atoms with E-state index in [1.165, 1.54) is 5.56 Å². The second-order valence-electron chi connectivity index (χ2n) is 6.72. The van der Waals surface area contributed by atoms with Crippen LogP contribution < -0.4 is 0 Å². The van der Waals surface area contributed by atoms with Gasteiger partial charge in [0.05, 0.1) is 23.9 Å². The Morgan fingerprint density at radius 3 is 2.50 bits per heavy atom. The van der Waals surface area contributed by atoms with Crippen molar-refractivity contribution in [3.05, 3.63) is 71.9 Å². The minimum Gasteiger partial charge on any atom is -0.298 e. The fraction of sp³-hybridized carbons (Fsp3) is 0.273. The predicted octanol–water partition coefficient (Wildman–Crippen LogP) is 4.58. The van der Waals surface area contributed by atoms with Crippen LogP contribution >= 0.6 is 0 Å². The van der Waals surface area contributed by atoms with Crippen LogP contribution in [0.25, 0.3) is 16.9 Å². The molecule has 0 saturated carbocycles. The van der Waals surface area contributed by atoms with Gasteiger partial charge in [-0.25, -0.2) is 4.68 Å². The topological polar surface area (TPSA) is 44.9 Å². The Bertz CT molecular complexity index is 905. The molecule has 26 heavy (non-hydrogen) atoms. The second-order valence-corrected chi connectivity index (χ2v) is 6.72. The molecule has 1 unspecified atom stereocenters. The van der Waals surface area contributed by atoms with Crippen LogP contribution in [0.15, 0.2) is 60.8 Å². The number of hydrogen-bond acceptors (Lipinski definition) is 3. The van der Waals surface area contributed by atoms with E-state index in [4.69, 9.17) is 10.4 Å². The SMILES string of the molecule is Cc1ccccc1-c1nn(-c2ccccc2)cc1CN(C)C(C)CC#N. The first-order valence-electron chi connectivity index (χ1n) is 8.87. The van der Waals surface area contributed by atoms with E-state index < -0.39 is 0 Å². The highest BCUT2D eigenvalue weighted by atomic mass is 15.3. The van der Waals surface area contributed by atoms with Crippen molar-refractivity contribution in [1.29, 1.82) is 5.26 Å². The van der Waals surface area contributed by atoms with Gasteiger partial charge in [-0.15, -0.1) is 0 Å². The monoisotopic (exact) mass is 344 g/mol. The van der Waals surface area contributed by atoms with Crippen molar-refractivity contribution in [2.24, 2.45) is 0 Å². The van der Waals surface area contributed by atoms with Gasteiger partial charge in [0, 0.05) is 29.9 Å². The van der Waals surface area contributed by atoms with Crippen LogP contribution in [0, 0.1) is 18.3 Å². The van der Waals surface area contributed by atoms with E-state index in [1.54, 1.807) is 0 Å². The number of aryl methyl sites for hydroxylation is 1. The summed E-state index contributed by atoms with van der Waals surface area (Å²) in [5.41, 5.74) is 5.57. The molecule has 1 aromatic heterocycles. The van der Waals surface area contributed by atoms with Crippen LogP contribution in [-0.4, -0.2) is 27.8 Å². The van der Waals surface area contributed by atoms with Gasteiger partial charge in [0.25, 0.3) is 0 Å². The molecule has 0 aliphatic heterocycles. The minimum atomic E-state index is 0.199. The van der Waals surface area contributed by atoms with Crippen LogP contribution in [0.3, 0.4) is 0 Å². The highest BCUT2D eigenvalue weighted by molar-refractivity contribution is 5.66. The molecule has 0 fully saturated rings. The zero-order valence-corrected chi connectivity index (χ0v) is 15.6. The molecule has 4 nitrogen and oxygen atoms in total. The van der Waals surface area contributed by atoms with Gasteiger partial charge in [-0.05, 0) is 38.6 Å². The number of rotatable bonds is 6. The number of nitriles is 1. The average Bonchev–Trinajstić information content (AvgIpc) is 3.06. The fourth-order valence-corrected chi connectivity index (χ4v) is 3.02. The van der Waals surface area contributed by atoms with Crippen molar-refractivity contribution in [2.75, 3.05) is 7.05 Å². The summed E-state index contributed by atoms with van der Waals surface area (Å²) < 4.78 is 1.94. The van der Waals surface area contributed by atoms with Crippen molar-refractivity contribution in [3.8, 4) is 23.0 Å². The van der Waals surface area contributed by atoms with Crippen LogP contribution in [0.2, 0.25) is 0 Å².